The summed E-state index contributed by atoms with van der Waals surface area (Å²) in [5, 5.41) is 53.6. The van der Waals surface area contributed by atoms with Gasteiger partial charge in [-0.15, -0.1) is 0 Å². The Hall–Kier alpha value is -1.59. The van der Waals surface area contributed by atoms with Crippen LogP contribution in [0.3, 0.4) is 0 Å². The van der Waals surface area contributed by atoms with E-state index in [1.807, 2.05) is 0 Å². The molecule has 7 unspecified atom stereocenters. The number of carbonyl (C=O) groups excluding carboxylic acids is 1. The van der Waals surface area contributed by atoms with Gasteiger partial charge in [0.2, 0.25) is 5.91 Å². The van der Waals surface area contributed by atoms with E-state index < -0.39 is 49.5 Å². The Bertz CT molecular complexity index is 1080. The molecule has 1 amide bonds. The molecule has 0 radical (unpaired) electrons. The number of hydrogen-bond donors (Lipinski definition) is 6. The summed E-state index contributed by atoms with van der Waals surface area (Å²) in [6.45, 7) is 3.66. The second-order valence-corrected chi connectivity index (χ2v) is 18.7. The molecular formula is C54H101NO8. The lowest BCUT2D eigenvalue weighted by Crippen LogP contribution is -2.60. The average Bonchev–Trinajstić information content (AvgIpc) is 3.28. The molecule has 0 aliphatic carbocycles. The molecule has 1 aliphatic rings. The average molecular weight is 892 g/mol. The normalized spacial score (nSPS) is 20.4. The van der Waals surface area contributed by atoms with Crippen LogP contribution in [0.1, 0.15) is 245 Å². The van der Waals surface area contributed by atoms with Crippen molar-refractivity contribution in [2.45, 2.75) is 288 Å². The maximum atomic E-state index is 12.8. The van der Waals surface area contributed by atoms with Crippen LogP contribution in [0.25, 0.3) is 0 Å². The number of nitrogens with one attached hydrogen (secondary N) is 1. The Kier molecular flexibility index (Phi) is 41.7. The van der Waals surface area contributed by atoms with Crippen molar-refractivity contribution in [3.63, 3.8) is 0 Å². The first-order valence-electron chi connectivity index (χ1n) is 26.7. The molecule has 370 valence electrons. The van der Waals surface area contributed by atoms with Crippen molar-refractivity contribution in [3.8, 4) is 0 Å². The van der Waals surface area contributed by atoms with Gasteiger partial charge in [-0.2, -0.15) is 0 Å². The number of amides is 1. The van der Waals surface area contributed by atoms with Gasteiger partial charge in [0.05, 0.1) is 25.4 Å². The van der Waals surface area contributed by atoms with Crippen LogP contribution >= 0.6 is 0 Å². The third kappa shape index (κ3) is 34.4. The van der Waals surface area contributed by atoms with Crippen molar-refractivity contribution in [3.05, 3.63) is 36.5 Å². The Balaban J connectivity index is 1.91. The summed E-state index contributed by atoms with van der Waals surface area (Å²) < 4.78 is 11.1. The zero-order valence-corrected chi connectivity index (χ0v) is 40.8. The summed E-state index contributed by atoms with van der Waals surface area (Å²) in [5.74, 6) is -0.153. The van der Waals surface area contributed by atoms with Crippen LogP contribution in [0.5, 0.6) is 0 Å². The fraction of sp³-hybridized carbons (Fsp3) is 0.870. The van der Waals surface area contributed by atoms with Gasteiger partial charge in [-0.3, -0.25) is 4.79 Å². The molecule has 0 aromatic rings. The number of ether oxygens (including phenoxy) is 2. The molecular weight excluding hydrogens is 791 g/mol. The molecule has 1 saturated heterocycles. The summed E-state index contributed by atoms with van der Waals surface area (Å²) in [6.07, 6.45) is 50.1. The number of carbonyl (C=O) groups is 1. The van der Waals surface area contributed by atoms with Gasteiger partial charge in [0.15, 0.2) is 6.29 Å². The van der Waals surface area contributed by atoms with Crippen molar-refractivity contribution < 1.29 is 39.8 Å². The molecule has 0 aromatic carbocycles. The van der Waals surface area contributed by atoms with Crippen LogP contribution in [0, 0.1) is 0 Å². The molecule has 7 atom stereocenters. The number of aliphatic hydroxyl groups excluding tert-OH is 5. The van der Waals surface area contributed by atoms with E-state index >= 15 is 0 Å². The molecule has 0 bridgehead atoms. The van der Waals surface area contributed by atoms with Crippen LogP contribution in [-0.4, -0.2) is 87.5 Å². The van der Waals surface area contributed by atoms with Crippen molar-refractivity contribution in [2.24, 2.45) is 0 Å². The van der Waals surface area contributed by atoms with Crippen LogP contribution < -0.4 is 5.32 Å². The summed E-state index contributed by atoms with van der Waals surface area (Å²) >= 11 is 0. The summed E-state index contributed by atoms with van der Waals surface area (Å²) in [7, 11) is 0. The Morgan fingerprint density at radius 1 is 0.540 bits per heavy atom. The van der Waals surface area contributed by atoms with Gasteiger partial charge in [-0.05, 0) is 51.4 Å². The van der Waals surface area contributed by atoms with E-state index in [0.717, 1.165) is 51.4 Å². The third-order valence-electron chi connectivity index (χ3n) is 12.7. The lowest BCUT2D eigenvalue weighted by Gasteiger charge is -2.40. The van der Waals surface area contributed by atoms with E-state index in [9.17, 15) is 30.3 Å². The molecule has 1 fully saturated rings. The summed E-state index contributed by atoms with van der Waals surface area (Å²) in [6, 6.07) is -0.712. The second kappa shape index (κ2) is 44.3. The van der Waals surface area contributed by atoms with Gasteiger partial charge in [0, 0.05) is 6.42 Å². The number of aliphatic hydroxyl groups is 5. The van der Waals surface area contributed by atoms with Gasteiger partial charge < -0.3 is 40.3 Å². The smallest absolute Gasteiger partial charge is 0.220 e. The fourth-order valence-electron chi connectivity index (χ4n) is 8.46. The standard InChI is InChI=1S/C54H101NO8/c1-3-5-7-8-9-10-11-12-13-14-15-16-17-18-19-20-21-22-23-24-25-26-27-28-29-30-31-32-33-34-35-36-37-38-39-40-42-44-50(58)55-47(48(57)43-41-6-4-2)46-62-54-53(61)52(60)51(59)49(45-56)63-54/h11-12,14-15,17-18,47-49,51-54,56-57,59-61H,3-10,13,16,19-46H2,1-2H3,(H,55,58)/b12-11-,15-14-,18-17-. The van der Waals surface area contributed by atoms with Crippen LogP contribution in [0.2, 0.25) is 0 Å². The first kappa shape index (κ1) is 59.4. The predicted octanol–water partition coefficient (Wildman–Crippen LogP) is 12.4. The van der Waals surface area contributed by atoms with E-state index in [1.165, 1.54) is 167 Å². The van der Waals surface area contributed by atoms with Gasteiger partial charge >= 0.3 is 0 Å². The van der Waals surface area contributed by atoms with Gasteiger partial charge in [0.1, 0.15) is 24.4 Å². The van der Waals surface area contributed by atoms with Crippen LogP contribution in [0.15, 0.2) is 36.5 Å². The highest BCUT2D eigenvalue weighted by molar-refractivity contribution is 5.76. The molecule has 9 heteroatoms. The summed E-state index contributed by atoms with van der Waals surface area (Å²) in [5.41, 5.74) is 0. The zero-order valence-electron chi connectivity index (χ0n) is 40.8. The lowest BCUT2D eigenvalue weighted by molar-refractivity contribution is -0.302. The monoisotopic (exact) mass is 892 g/mol. The molecule has 1 heterocycles. The van der Waals surface area contributed by atoms with Crippen LogP contribution in [-0.2, 0) is 14.3 Å². The third-order valence-corrected chi connectivity index (χ3v) is 12.7. The van der Waals surface area contributed by atoms with E-state index in [4.69, 9.17) is 9.47 Å². The molecule has 6 N–H and O–H groups in total. The quantitative estimate of drug-likeness (QED) is 0.0261. The number of allylic oxidation sites excluding steroid dienone is 6. The Morgan fingerprint density at radius 2 is 0.937 bits per heavy atom. The fourth-order valence-corrected chi connectivity index (χ4v) is 8.46. The van der Waals surface area contributed by atoms with Gasteiger partial charge in [-0.25, -0.2) is 0 Å². The Labute approximate surface area is 387 Å². The molecule has 63 heavy (non-hydrogen) atoms. The van der Waals surface area contributed by atoms with Gasteiger partial charge in [-0.1, -0.05) is 224 Å². The molecule has 0 saturated carbocycles. The lowest BCUT2D eigenvalue weighted by atomic mass is 9.99. The first-order valence-corrected chi connectivity index (χ1v) is 26.7. The van der Waals surface area contributed by atoms with E-state index in [1.54, 1.807) is 0 Å². The highest BCUT2D eigenvalue weighted by Gasteiger charge is 2.44. The Morgan fingerprint density at radius 3 is 1.38 bits per heavy atom. The van der Waals surface area contributed by atoms with E-state index in [0.29, 0.717) is 12.8 Å². The SMILES string of the molecule is CCCCCCC/C=C\C/C=C\C/C=C\CCCCCCCCCCCCCCCCCCCCCCCCC(=O)NC(COC1OC(CO)C(O)C(O)C1O)C(O)CCCCC. The minimum atomic E-state index is -1.55. The topological polar surface area (TPSA) is 149 Å². The molecule has 1 aliphatic heterocycles. The highest BCUT2D eigenvalue weighted by atomic mass is 16.7. The zero-order chi connectivity index (χ0) is 45.9. The van der Waals surface area contributed by atoms with Crippen molar-refractivity contribution in [2.75, 3.05) is 13.2 Å². The van der Waals surface area contributed by atoms with E-state index in [2.05, 4.69) is 55.6 Å². The highest BCUT2D eigenvalue weighted by Crippen LogP contribution is 2.23. The largest absolute Gasteiger partial charge is 0.394 e. The first-order chi connectivity index (χ1) is 30.8. The molecule has 0 aromatic heterocycles. The molecule has 0 spiro atoms. The molecule has 9 nitrogen and oxygen atoms in total. The maximum absolute atomic E-state index is 12.8. The van der Waals surface area contributed by atoms with E-state index in [-0.39, 0.29) is 12.5 Å². The predicted molar refractivity (Wildman–Crippen MR) is 263 cm³/mol. The minimum Gasteiger partial charge on any atom is -0.394 e. The van der Waals surface area contributed by atoms with Crippen molar-refractivity contribution in [1.82, 2.24) is 5.32 Å². The minimum absolute atomic E-state index is 0.140. The number of rotatable bonds is 45. The van der Waals surface area contributed by atoms with Gasteiger partial charge in [0.25, 0.3) is 0 Å². The molecule has 1 rings (SSSR count). The summed E-state index contributed by atoms with van der Waals surface area (Å²) in [4.78, 5) is 12.8. The number of unbranched alkanes of at least 4 members (excludes halogenated alkanes) is 29. The maximum Gasteiger partial charge on any atom is 0.220 e. The van der Waals surface area contributed by atoms with Crippen molar-refractivity contribution >= 4 is 5.91 Å². The van der Waals surface area contributed by atoms with Crippen LogP contribution in [0.4, 0.5) is 0 Å². The second-order valence-electron chi connectivity index (χ2n) is 18.7. The number of hydrogen-bond acceptors (Lipinski definition) is 8. The van der Waals surface area contributed by atoms with Crippen molar-refractivity contribution in [1.29, 1.82) is 0 Å².